The molecule has 0 aliphatic carbocycles. The summed E-state index contributed by atoms with van der Waals surface area (Å²) < 4.78 is 5.54. The van der Waals surface area contributed by atoms with Crippen molar-refractivity contribution in [3.8, 4) is 0 Å². The Hall–Kier alpha value is -1.20. The molecule has 1 aliphatic heterocycles. The van der Waals surface area contributed by atoms with Crippen LogP contribution in [0.15, 0.2) is 23.1 Å². The standard InChI is InChI=1S/C12H16N2O2S/c13-8-3-4-10(12(14)15)11(6-8)17-7-9-2-1-5-16-9/h3-4,6,9H,1-2,5,7,13H2,(H2,14,15). The Morgan fingerprint density at radius 2 is 2.35 bits per heavy atom. The average Bonchev–Trinajstić information content (AvgIpc) is 2.78. The number of hydrogen-bond donors (Lipinski definition) is 2. The van der Waals surface area contributed by atoms with Gasteiger partial charge in [-0.05, 0) is 31.0 Å². The first-order valence-corrected chi connectivity index (χ1v) is 6.59. The molecule has 1 atom stereocenters. The second-order valence-corrected chi connectivity index (χ2v) is 5.13. The first-order valence-electron chi connectivity index (χ1n) is 5.60. The molecule has 0 bridgehead atoms. The minimum Gasteiger partial charge on any atom is -0.399 e. The molecule has 1 amide bonds. The van der Waals surface area contributed by atoms with Crippen LogP contribution in [0, 0.1) is 0 Å². The van der Waals surface area contributed by atoms with Gasteiger partial charge in [0.25, 0.3) is 0 Å². The number of nitrogens with two attached hydrogens (primary N) is 2. The van der Waals surface area contributed by atoms with Gasteiger partial charge in [-0.2, -0.15) is 0 Å². The second kappa shape index (κ2) is 5.42. The van der Waals surface area contributed by atoms with Crippen molar-refractivity contribution in [1.29, 1.82) is 0 Å². The zero-order chi connectivity index (χ0) is 12.3. The van der Waals surface area contributed by atoms with E-state index in [9.17, 15) is 4.79 Å². The zero-order valence-corrected chi connectivity index (χ0v) is 10.3. The summed E-state index contributed by atoms with van der Waals surface area (Å²) in [6.07, 6.45) is 2.48. The van der Waals surface area contributed by atoms with Gasteiger partial charge in [0.15, 0.2) is 0 Å². The normalized spacial score (nSPS) is 19.4. The van der Waals surface area contributed by atoms with E-state index in [1.165, 1.54) is 0 Å². The Kier molecular flexibility index (Phi) is 3.91. The number of primary amides is 1. The Morgan fingerprint density at radius 3 is 3.00 bits per heavy atom. The first-order chi connectivity index (χ1) is 8.16. The molecule has 0 saturated carbocycles. The van der Waals surface area contributed by atoms with Crippen molar-refractivity contribution < 1.29 is 9.53 Å². The van der Waals surface area contributed by atoms with Crippen LogP contribution in [-0.4, -0.2) is 24.4 Å². The van der Waals surface area contributed by atoms with Gasteiger partial charge in [-0.15, -0.1) is 11.8 Å². The summed E-state index contributed by atoms with van der Waals surface area (Å²) in [6.45, 7) is 0.838. The smallest absolute Gasteiger partial charge is 0.249 e. The van der Waals surface area contributed by atoms with Gasteiger partial charge in [0.05, 0.1) is 11.7 Å². The molecule has 17 heavy (non-hydrogen) atoms. The van der Waals surface area contributed by atoms with Crippen LogP contribution in [0.25, 0.3) is 0 Å². The summed E-state index contributed by atoms with van der Waals surface area (Å²) in [4.78, 5) is 12.1. The van der Waals surface area contributed by atoms with Crippen molar-refractivity contribution in [2.75, 3.05) is 18.1 Å². The number of thioether (sulfide) groups is 1. The topological polar surface area (TPSA) is 78.3 Å². The van der Waals surface area contributed by atoms with Crippen molar-refractivity contribution in [3.63, 3.8) is 0 Å². The van der Waals surface area contributed by atoms with Crippen molar-refractivity contribution >= 4 is 23.4 Å². The third-order valence-electron chi connectivity index (χ3n) is 2.72. The molecule has 1 aromatic carbocycles. The van der Waals surface area contributed by atoms with Crippen LogP contribution in [0.2, 0.25) is 0 Å². The van der Waals surface area contributed by atoms with Gasteiger partial charge < -0.3 is 16.2 Å². The minimum atomic E-state index is -0.417. The molecule has 5 heteroatoms. The van der Waals surface area contributed by atoms with Gasteiger partial charge in [0.1, 0.15) is 0 Å². The Morgan fingerprint density at radius 1 is 1.53 bits per heavy atom. The minimum absolute atomic E-state index is 0.280. The average molecular weight is 252 g/mol. The number of anilines is 1. The Bertz CT molecular complexity index is 417. The van der Waals surface area contributed by atoms with Gasteiger partial charge in [-0.3, -0.25) is 4.79 Å². The number of rotatable bonds is 4. The van der Waals surface area contributed by atoms with Crippen LogP contribution in [-0.2, 0) is 4.74 Å². The van der Waals surface area contributed by atoms with E-state index in [1.54, 1.807) is 30.0 Å². The van der Waals surface area contributed by atoms with Gasteiger partial charge in [0.2, 0.25) is 5.91 Å². The lowest BCUT2D eigenvalue weighted by atomic mass is 10.2. The molecule has 0 spiro atoms. The molecule has 4 N–H and O–H groups in total. The van der Waals surface area contributed by atoms with Crippen molar-refractivity contribution in [2.45, 2.75) is 23.8 Å². The maximum atomic E-state index is 11.3. The quantitative estimate of drug-likeness (QED) is 0.630. The molecule has 1 aliphatic rings. The summed E-state index contributed by atoms with van der Waals surface area (Å²) in [5.41, 5.74) is 12.2. The third kappa shape index (κ3) is 3.14. The van der Waals surface area contributed by atoms with E-state index in [2.05, 4.69) is 0 Å². The predicted octanol–water partition coefficient (Wildman–Crippen LogP) is 1.64. The Balaban J connectivity index is 2.07. The molecule has 1 aromatic rings. The summed E-state index contributed by atoms with van der Waals surface area (Å²) in [5, 5.41) is 0. The molecule has 1 saturated heterocycles. The highest BCUT2D eigenvalue weighted by atomic mass is 32.2. The molecule has 2 rings (SSSR count). The lowest BCUT2D eigenvalue weighted by Gasteiger charge is -2.11. The fraction of sp³-hybridized carbons (Fsp3) is 0.417. The van der Waals surface area contributed by atoms with E-state index in [-0.39, 0.29) is 6.10 Å². The van der Waals surface area contributed by atoms with Crippen molar-refractivity contribution in [3.05, 3.63) is 23.8 Å². The fourth-order valence-electron chi connectivity index (χ4n) is 1.82. The van der Waals surface area contributed by atoms with E-state index < -0.39 is 5.91 Å². The molecular formula is C12H16N2O2S. The van der Waals surface area contributed by atoms with E-state index in [0.29, 0.717) is 11.3 Å². The number of benzene rings is 1. The number of hydrogen-bond acceptors (Lipinski definition) is 4. The third-order valence-corrected chi connectivity index (χ3v) is 3.91. The van der Waals surface area contributed by atoms with Gasteiger partial charge in [-0.25, -0.2) is 0 Å². The molecule has 4 nitrogen and oxygen atoms in total. The van der Waals surface area contributed by atoms with E-state index in [0.717, 1.165) is 30.1 Å². The SMILES string of the molecule is NC(=O)c1ccc(N)cc1SCC1CCCO1. The van der Waals surface area contributed by atoms with Crippen LogP contribution in [0.4, 0.5) is 5.69 Å². The van der Waals surface area contributed by atoms with Crippen LogP contribution in [0.3, 0.4) is 0 Å². The van der Waals surface area contributed by atoms with Crippen molar-refractivity contribution in [1.82, 2.24) is 0 Å². The lowest BCUT2D eigenvalue weighted by Crippen LogP contribution is -2.13. The first kappa shape index (κ1) is 12.3. The van der Waals surface area contributed by atoms with Crippen LogP contribution < -0.4 is 11.5 Å². The Labute approximate surface area is 105 Å². The van der Waals surface area contributed by atoms with E-state index in [1.807, 2.05) is 0 Å². The van der Waals surface area contributed by atoms with Gasteiger partial charge >= 0.3 is 0 Å². The van der Waals surface area contributed by atoms with E-state index >= 15 is 0 Å². The van der Waals surface area contributed by atoms with Crippen molar-refractivity contribution in [2.24, 2.45) is 5.73 Å². The molecule has 0 aromatic heterocycles. The predicted molar refractivity (Wildman–Crippen MR) is 69.1 cm³/mol. The lowest BCUT2D eigenvalue weighted by molar-refractivity contribution is 0.0997. The maximum absolute atomic E-state index is 11.3. The maximum Gasteiger partial charge on any atom is 0.249 e. The fourth-order valence-corrected chi connectivity index (χ4v) is 2.99. The number of ether oxygens (including phenoxy) is 1. The highest BCUT2D eigenvalue weighted by molar-refractivity contribution is 7.99. The number of amides is 1. The molecule has 1 heterocycles. The summed E-state index contributed by atoms with van der Waals surface area (Å²) in [6, 6.07) is 5.16. The van der Waals surface area contributed by atoms with Gasteiger partial charge in [0, 0.05) is 22.9 Å². The highest BCUT2D eigenvalue weighted by Crippen LogP contribution is 2.28. The molecule has 1 unspecified atom stereocenters. The summed E-state index contributed by atoms with van der Waals surface area (Å²) >= 11 is 1.58. The molecule has 0 radical (unpaired) electrons. The summed E-state index contributed by atoms with van der Waals surface area (Å²) in [5.74, 6) is 0.420. The molecule has 1 fully saturated rings. The summed E-state index contributed by atoms with van der Waals surface area (Å²) in [7, 11) is 0. The van der Waals surface area contributed by atoms with Crippen LogP contribution in [0.5, 0.6) is 0 Å². The molecule has 92 valence electrons. The highest BCUT2D eigenvalue weighted by Gasteiger charge is 2.17. The molecular weight excluding hydrogens is 236 g/mol. The number of carbonyl (C=O) groups excluding carboxylic acids is 1. The monoisotopic (exact) mass is 252 g/mol. The van der Waals surface area contributed by atoms with Crippen LogP contribution >= 0.6 is 11.8 Å². The largest absolute Gasteiger partial charge is 0.399 e. The van der Waals surface area contributed by atoms with E-state index in [4.69, 9.17) is 16.2 Å². The number of nitrogen functional groups attached to an aromatic ring is 1. The zero-order valence-electron chi connectivity index (χ0n) is 9.52. The second-order valence-electron chi connectivity index (χ2n) is 4.07. The number of carbonyl (C=O) groups is 1. The van der Waals surface area contributed by atoms with Crippen LogP contribution in [0.1, 0.15) is 23.2 Å². The van der Waals surface area contributed by atoms with Gasteiger partial charge in [-0.1, -0.05) is 0 Å².